The molecule has 0 heterocycles. The third-order valence-corrected chi connectivity index (χ3v) is 17.4. The Hall–Kier alpha value is -3.82. The Morgan fingerprint density at radius 3 is 1.86 bits per heavy atom. The monoisotopic (exact) mass is 886 g/mol. The molecule has 6 heteroatoms. The Kier molecular flexibility index (Phi) is 18.7. The third-order valence-electron chi connectivity index (χ3n) is 17.4. The molecular formula is C59H87N3O3. The van der Waals surface area contributed by atoms with Crippen LogP contribution in [0.4, 0.5) is 0 Å². The maximum atomic E-state index is 14.9. The van der Waals surface area contributed by atoms with Crippen molar-refractivity contribution in [3.05, 3.63) is 96.7 Å². The van der Waals surface area contributed by atoms with Gasteiger partial charge < -0.3 is 10.6 Å². The SMILES string of the molecule is CC/C=C\C/C=C\C/C=C\C/C=C\C/C=C\C/C=C\CCCNCCCCCCNC(=O)C12CCC(C)(C)C(C#N)C1C1C(=O)C=C3C4(C)C=CC(=O)C(C)(C)C4CCC3(C)C1(C)CC2. The van der Waals surface area contributed by atoms with E-state index in [1.54, 1.807) is 6.08 Å². The highest BCUT2D eigenvalue weighted by Crippen LogP contribution is 2.75. The Morgan fingerprint density at radius 2 is 1.26 bits per heavy atom. The zero-order valence-corrected chi connectivity index (χ0v) is 42.0. The lowest BCUT2D eigenvalue weighted by Crippen LogP contribution is -2.68. The predicted molar refractivity (Wildman–Crippen MR) is 271 cm³/mol. The van der Waals surface area contributed by atoms with Crippen LogP contribution >= 0.6 is 0 Å². The van der Waals surface area contributed by atoms with Gasteiger partial charge in [0, 0.05) is 29.2 Å². The molecular weight excluding hydrogens is 799 g/mol. The first-order valence-electron chi connectivity index (χ1n) is 25.9. The van der Waals surface area contributed by atoms with Crippen molar-refractivity contribution >= 4 is 17.5 Å². The second kappa shape index (κ2) is 23.3. The number of unbranched alkanes of at least 4 members (excludes halogenated alkanes) is 4. The molecule has 8 atom stereocenters. The molecule has 1 amide bonds. The van der Waals surface area contributed by atoms with Crippen LogP contribution in [0.1, 0.15) is 171 Å². The summed E-state index contributed by atoms with van der Waals surface area (Å²) in [7, 11) is 0. The Labute approximate surface area is 395 Å². The van der Waals surface area contributed by atoms with Crippen molar-refractivity contribution in [3.8, 4) is 6.07 Å². The van der Waals surface area contributed by atoms with E-state index in [0.717, 1.165) is 116 Å². The average Bonchev–Trinajstić information content (AvgIpc) is 3.26. The van der Waals surface area contributed by atoms with Crippen molar-refractivity contribution in [2.45, 2.75) is 171 Å². The number of fused-ring (bicyclic) bond motifs is 7. The van der Waals surface area contributed by atoms with Crippen molar-refractivity contribution in [2.24, 2.45) is 56.2 Å². The lowest BCUT2D eigenvalue weighted by Gasteiger charge is -2.69. The van der Waals surface area contributed by atoms with E-state index < -0.39 is 33.5 Å². The molecule has 65 heavy (non-hydrogen) atoms. The van der Waals surface area contributed by atoms with E-state index in [2.05, 4.69) is 151 Å². The Bertz CT molecular complexity index is 1930. The van der Waals surface area contributed by atoms with Gasteiger partial charge in [0.2, 0.25) is 5.91 Å². The summed E-state index contributed by atoms with van der Waals surface area (Å²) in [4.78, 5) is 42.7. The molecule has 2 N–H and O–H groups in total. The van der Waals surface area contributed by atoms with Gasteiger partial charge in [0.15, 0.2) is 11.6 Å². The van der Waals surface area contributed by atoms with Gasteiger partial charge in [-0.1, -0.05) is 153 Å². The van der Waals surface area contributed by atoms with E-state index in [0.29, 0.717) is 19.4 Å². The van der Waals surface area contributed by atoms with E-state index in [1.807, 2.05) is 6.08 Å². The number of carbonyl (C=O) groups is 3. The molecule has 0 aliphatic heterocycles. The van der Waals surface area contributed by atoms with Gasteiger partial charge >= 0.3 is 0 Å². The van der Waals surface area contributed by atoms with Gasteiger partial charge in [-0.15, -0.1) is 0 Å². The number of nitrogens with one attached hydrogen (secondary N) is 2. The first-order chi connectivity index (χ1) is 31.1. The molecule has 6 nitrogen and oxygen atoms in total. The Balaban J connectivity index is 1.02. The molecule has 8 unspecified atom stereocenters. The number of rotatable bonds is 23. The smallest absolute Gasteiger partial charge is 0.226 e. The number of allylic oxidation sites excluding steroid dienone is 16. The molecule has 5 rings (SSSR count). The highest BCUT2D eigenvalue weighted by molar-refractivity contribution is 5.98. The van der Waals surface area contributed by atoms with Gasteiger partial charge in [-0.3, -0.25) is 14.4 Å². The number of ketones is 2. The lowest BCUT2D eigenvalue weighted by atomic mass is 9.33. The van der Waals surface area contributed by atoms with Gasteiger partial charge in [-0.05, 0) is 150 Å². The third kappa shape index (κ3) is 11.5. The van der Waals surface area contributed by atoms with Gasteiger partial charge in [-0.2, -0.15) is 5.26 Å². The van der Waals surface area contributed by atoms with Crippen molar-refractivity contribution in [3.63, 3.8) is 0 Å². The van der Waals surface area contributed by atoms with Crippen LogP contribution in [0.2, 0.25) is 0 Å². The summed E-state index contributed by atoms with van der Waals surface area (Å²) in [6, 6.07) is 2.72. The van der Waals surface area contributed by atoms with Crippen molar-refractivity contribution < 1.29 is 14.4 Å². The van der Waals surface area contributed by atoms with E-state index in [9.17, 15) is 19.6 Å². The van der Waals surface area contributed by atoms with Gasteiger partial charge in [-0.25, -0.2) is 0 Å². The zero-order chi connectivity index (χ0) is 47.2. The molecule has 0 radical (unpaired) electrons. The minimum Gasteiger partial charge on any atom is -0.356 e. The lowest BCUT2D eigenvalue weighted by molar-refractivity contribution is -0.185. The molecule has 5 aliphatic rings. The quantitative estimate of drug-likeness (QED) is 0.0786. The largest absolute Gasteiger partial charge is 0.356 e. The zero-order valence-electron chi connectivity index (χ0n) is 42.0. The van der Waals surface area contributed by atoms with Crippen LogP contribution in [-0.4, -0.2) is 37.1 Å². The summed E-state index contributed by atoms with van der Waals surface area (Å²) in [5.41, 5.74) is -1.45. The minimum atomic E-state index is -0.730. The normalized spacial score (nSPS) is 32.9. The molecule has 356 valence electrons. The van der Waals surface area contributed by atoms with Gasteiger partial charge in [0.1, 0.15) is 0 Å². The van der Waals surface area contributed by atoms with E-state index in [1.165, 1.54) is 5.57 Å². The molecule has 0 spiro atoms. The molecule has 0 aromatic carbocycles. The molecule has 3 saturated carbocycles. The maximum Gasteiger partial charge on any atom is 0.226 e. The molecule has 0 aromatic heterocycles. The summed E-state index contributed by atoms with van der Waals surface area (Å²) < 4.78 is 0. The number of nitriles is 1. The average molecular weight is 886 g/mol. The van der Waals surface area contributed by atoms with E-state index in [-0.39, 0.29) is 40.1 Å². The highest BCUT2D eigenvalue weighted by Gasteiger charge is 2.72. The number of carbonyl (C=O) groups excluding carboxylic acids is 3. The second-order valence-corrected chi connectivity index (χ2v) is 22.2. The van der Waals surface area contributed by atoms with Crippen LogP contribution in [0.5, 0.6) is 0 Å². The minimum absolute atomic E-state index is 0.0627. The summed E-state index contributed by atoms with van der Waals surface area (Å²) in [5.74, 6) is -0.700. The number of hydrogen-bond acceptors (Lipinski definition) is 5. The number of nitrogens with zero attached hydrogens (tertiary/aromatic N) is 1. The molecule has 0 bridgehead atoms. The summed E-state index contributed by atoms with van der Waals surface area (Å²) in [6.45, 7) is 20.3. The predicted octanol–water partition coefficient (Wildman–Crippen LogP) is 13.8. The fourth-order valence-electron chi connectivity index (χ4n) is 13.2. The fraction of sp³-hybridized carbons (Fsp3) is 0.661. The summed E-state index contributed by atoms with van der Waals surface area (Å²) in [6.07, 6.45) is 50.1. The molecule has 5 aliphatic carbocycles. The van der Waals surface area contributed by atoms with Crippen LogP contribution in [0, 0.1) is 67.5 Å². The van der Waals surface area contributed by atoms with E-state index >= 15 is 0 Å². The Morgan fingerprint density at radius 1 is 0.708 bits per heavy atom. The van der Waals surface area contributed by atoms with Crippen LogP contribution in [0.25, 0.3) is 0 Å². The van der Waals surface area contributed by atoms with Crippen LogP contribution in [-0.2, 0) is 14.4 Å². The van der Waals surface area contributed by atoms with Crippen LogP contribution in [0.15, 0.2) is 96.7 Å². The van der Waals surface area contributed by atoms with Crippen LogP contribution in [0.3, 0.4) is 0 Å². The van der Waals surface area contributed by atoms with Gasteiger partial charge in [0.05, 0.1) is 17.4 Å². The highest BCUT2D eigenvalue weighted by atomic mass is 16.2. The summed E-state index contributed by atoms with van der Waals surface area (Å²) in [5, 5.41) is 17.9. The first-order valence-corrected chi connectivity index (χ1v) is 25.9. The van der Waals surface area contributed by atoms with Crippen molar-refractivity contribution in [2.75, 3.05) is 19.6 Å². The standard InChI is InChI=1S/C59H87N3O3/c1-9-10-11-12-13-14-15-16-17-18-19-20-21-22-23-24-25-26-27-30-41-61-42-31-28-29-32-43-62-53(65)59-39-37-54(2,3)46(45-60)51(59)52-47(63)44-49-56(6)35-34-50(64)55(4,5)48(56)33-36-57(49,7)58(52,8)38-40-59/h10-11,13-14,16-17,19-20,22-23,25-26,34-35,44,46,48,51-52,61H,9,12,15,18,21,24,27-33,36-43H2,1-8H3,(H,62,65)/b11-10-,14-13-,17-16-,20-19-,23-22-,26-25-. The van der Waals surface area contributed by atoms with Crippen LogP contribution < -0.4 is 10.6 Å². The van der Waals surface area contributed by atoms with Crippen molar-refractivity contribution in [1.82, 2.24) is 10.6 Å². The molecule has 0 saturated heterocycles. The van der Waals surface area contributed by atoms with Crippen molar-refractivity contribution in [1.29, 1.82) is 5.26 Å². The van der Waals surface area contributed by atoms with E-state index in [4.69, 9.17) is 0 Å². The fourth-order valence-corrected chi connectivity index (χ4v) is 13.2. The topological polar surface area (TPSA) is 99.1 Å². The molecule has 3 fully saturated rings. The maximum absolute atomic E-state index is 14.9. The number of amides is 1. The summed E-state index contributed by atoms with van der Waals surface area (Å²) >= 11 is 0. The number of hydrogen-bond donors (Lipinski definition) is 2. The van der Waals surface area contributed by atoms with Gasteiger partial charge in [0.25, 0.3) is 0 Å². The second-order valence-electron chi connectivity index (χ2n) is 22.2. The molecule has 0 aromatic rings. The first kappa shape index (κ1) is 52.2.